The fourth-order valence-corrected chi connectivity index (χ4v) is 4.47. The van der Waals surface area contributed by atoms with E-state index < -0.39 is 10.2 Å². The maximum Gasteiger partial charge on any atom is 0.281 e. The summed E-state index contributed by atoms with van der Waals surface area (Å²) in [5.74, 6) is 0.575. The minimum Gasteiger partial charge on any atom is -0.381 e. The molecule has 1 aromatic heterocycles. The Balaban J connectivity index is 1.56. The van der Waals surface area contributed by atoms with E-state index in [1.165, 1.54) is 8.61 Å². The second-order valence-electron chi connectivity index (χ2n) is 6.92. The summed E-state index contributed by atoms with van der Waals surface area (Å²) in [5.41, 5.74) is 0.922. The molecule has 2 aliphatic heterocycles. The fraction of sp³-hybridized carbons (Fsp3) is 0.812. The third-order valence-electron chi connectivity index (χ3n) is 4.93. The summed E-state index contributed by atoms with van der Waals surface area (Å²) in [7, 11) is -0.305. The van der Waals surface area contributed by atoms with Crippen LogP contribution in [0, 0.1) is 5.92 Å². The molecule has 0 N–H and O–H groups in total. The first-order valence-corrected chi connectivity index (χ1v) is 10.2. The lowest BCUT2D eigenvalue weighted by Gasteiger charge is -2.34. The Hall–Kier alpha value is -1.00. The fourth-order valence-electron chi connectivity index (χ4n) is 3.36. The number of aromatic nitrogens is 2. The van der Waals surface area contributed by atoms with Gasteiger partial charge in [0.05, 0.1) is 18.3 Å². The van der Waals surface area contributed by atoms with E-state index in [4.69, 9.17) is 9.47 Å². The molecule has 0 aliphatic carbocycles. The molecule has 0 bridgehead atoms. The van der Waals surface area contributed by atoms with Crippen LogP contribution in [0.3, 0.4) is 0 Å². The van der Waals surface area contributed by atoms with Gasteiger partial charge in [0.15, 0.2) is 0 Å². The lowest BCUT2D eigenvalue weighted by Crippen LogP contribution is -2.46. The van der Waals surface area contributed by atoms with Gasteiger partial charge in [0, 0.05) is 53.3 Å². The van der Waals surface area contributed by atoms with E-state index in [-0.39, 0.29) is 6.04 Å². The molecule has 1 fully saturated rings. The largest absolute Gasteiger partial charge is 0.381 e. The molecule has 0 amide bonds. The molecular weight excluding hydrogens is 344 g/mol. The summed E-state index contributed by atoms with van der Waals surface area (Å²) in [5, 5.41) is 4.38. The summed E-state index contributed by atoms with van der Waals surface area (Å²) in [4.78, 5) is 0. The van der Waals surface area contributed by atoms with Crippen LogP contribution in [0.15, 0.2) is 12.3 Å². The van der Waals surface area contributed by atoms with Gasteiger partial charge in [-0.15, -0.1) is 0 Å². The van der Waals surface area contributed by atoms with Gasteiger partial charge in [-0.1, -0.05) is 0 Å². The number of rotatable bonds is 7. The Kier molecular flexibility index (Phi) is 6.11. The van der Waals surface area contributed by atoms with Crippen LogP contribution < -0.4 is 0 Å². The summed E-state index contributed by atoms with van der Waals surface area (Å²) < 4.78 is 40.9. The molecule has 1 aromatic rings. The van der Waals surface area contributed by atoms with E-state index in [2.05, 4.69) is 5.10 Å². The molecule has 0 spiro atoms. The van der Waals surface area contributed by atoms with Gasteiger partial charge >= 0.3 is 0 Å². The number of fused-ring (bicyclic) bond motifs is 1. The molecule has 8 nitrogen and oxygen atoms in total. The minimum atomic E-state index is -3.43. The van der Waals surface area contributed by atoms with Gasteiger partial charge in [0.1, 0.15) is 0 Å². The summed E-state index contributed by atoms with van der Waals surface area (Å²) in [6.45, 7) is 3.80. The highest BCUT2D eigenvalue weighted by Gasteiger charge is 2.33. The van der Waals surface area contributed by atoms with Gasteiger partial charge in [-0.05, 0) is 31.2 Å². The van der Waals surface area contributed by atoms with Crippen molar-refractivity contribution in [3.63, 3.8) is 0 Å². The van der Waals surface area contributed by atoms with Gasteiger partial charge < -0.3 is 9.47 Å². The normalized spacial score (nSPS) is 23.1. The van der Waals surface area contributed by atoms with Gasteiger partial charge in [0.2, 0.25) is 0 Å². The molecule has 2 aliphatic rings. The van der Waals surface area contributed by atoms with Crippen molar-refractivity contribution in [2.45, 2.75) is 31.8 Å². The van der Waals surface area contributed by atoms with Crippen LogP contribution in [0.1, 0.15) is 31.0 Å². The third-order valence-corrected chi connectivity index (χ3v) is 6.78. The molecule has 0 aromatic carbocycles. The van der Waals surface area contributed by atoms with Crippen molar-refractivity contribution >= 4 is 10.2 Å². The summed E-state index contributed by atoms with van der Waals surface area (Å²) in [6, 6.07) is 1.89. The van der Waals surface area contributed by atoms with E-state index in [1.54, 1.807) is 20.3 Å². The highest BCUT2D eigenvalue weighted by atomic mass is 32.2. The molecule has 142 valence electrons. The van der Waals surface area contributed by atoms with Crippen molar-refractivity contribution in [2.75, 3.05) is 47.1 Å². The van der Waals surface area contributed by atoms with Crippen LogP contribution >= 0.6 is 0 Å². The third kappa shape index (κ3) is 4.40. The van der Waals surface area contributed by atoms with Crippen molar-refractivity contribution in [3.05, 3.63) is 18.0 Å². The second-order valence-corrected chi connectivity index (χ2v) is 9.07. The number of nitrogens with zero attached hydrogens (tertiary/aromatic N) is 4. The highest BCUT2D eigenvalue weighted by Crippen LogP contribution is 2.26. The predicted octanol–water partition coefficient (Wildman–Crippen LogP) is 0.880. The number of hydrogen-bond acceptors (Lipinski definition) is 5. The molecule has 3 rings (SSSR count). The van der Waals surface area contributed by atoms with Gasteiger partial charge in [-0.2, -0.15) is 22.1 Å². The van der Waals surface area contributed by atoms with Crippen LogP contribution in [-0.4, -0.2) is 73.9 Å². The molecule has 3 heterocycles. The Bertz CT molecular complexity index is 655. The van der Waals surface area contributed by atoms with E-state index in [9.17, 15) is 8.42 Å². The molecule has 1 saturated heterocycles. The summed E-state index contributed by atoms with van der Waals surface area (Å²) in [6.07, 6.45) is 4.59. The van der Waals surface area contributed by atoms with Gasteiger partial charge in [-0.25, -0.2) is 0 Å². The molecule has 0 saturated carbocycles. The smallest absolute Gasteiger partial charge is 0.281 e. The first-order chi connectivity index (χ1) is 12.0. The Morgan fingerprint density at radius 2 is 2.12 bits per heavy atom. The molecule has 0 radical (unpaired) electrons. The Morgan fingerprint density at radius 1 is 1.36 bits per heavy atom. The topological polar surface area (TPSA) is 76.9 Å². The zero-order valence-corrected chi connectivity index (χ0v) is 15.8. The van der Waals surface area contributed by atoms with E-state index in [0.717, 1.165) is 44.8 Å². The average Bonchev–Trinajstić information content (AvgIpc) is 3.08. The zero-order chi connectivity index (χ0) is 17.9. The maximum absolute atomic E-state index is 12.5. The quantitative estimate of drug-likeness (QED) is 0.664. The standard InChI is InChI=1S/C16H28N4O4S/c1-18(2)25(21,22)19-11-15-3-7-17-20(15)16(12-19)6-10-24-13-14-4-8-23-9-5-14/h3,7,14,16H,4-6,8-13H2,1-2H3/t16-/m0/s1. The Morgan fingerprint density at radius 3 is 2.84 bits per heavy atom. The second kappa shape index (κ2) is 8.13. The number of hydrogen-bond donors (Lipinski definition) is 0. The number of ether oxygens (including phenoxy) is 2. The maximum atomic E-state index is 12.5. The monoisotopic (exact) mass is 372 g/mol. The lowest BCUT2D eigenvalue weighted by atomic mass is 10.0. The van der Waals surface area contributed by atoms with Crippen LogP contribution in [0.25, 0.3) is 0 Å². The van der Waals surface area contributed by atoms with E-state index >= 15 is 0 Å². The lowest BCUT2D eigenvalue weighted by molar-refractivity contribution is 0.0167. The van der Waals surface area contributed by atoms with Gasteiger partial charge in [0.25, 0.3) is 10.2 Å². The highest BCUT2D eigenvalue weighted by molar-refractivity contribution is 7.86. The van der Waals surface area contributed by atoms with Gasteiger partial charge in [-0.3, -0.25) is 4.68 Å². The van der Waals surface area contributed by atoms with Crippen molar-refractivity contribution < 1.29 is 17.9 Å². The first-order valence-electron chi connectivity index (χ1n) is 8.84. The predicted molar refractivity (Wildman–Crippen MR) is 93.3 cm³/mol. The van der Waals surface area contributed by atoms with E-state index in [1.807, 2.05) is 10.7 Å². The first kappa shape index (κ1) is 18.8. The van der Waals surface area contributed by atoms with Crippen LogP contribution in [-0.2, 0) is 26.2 Å². The van der Waals surface area contributed by atoms with Crippen LogP contribution in [0.2, 0.25) is 0 Å². The van der Waals surface area contributed by atoms with Crippen LogP contribution in [0.5, 0.6) is 0 Å². The molecule has 1 atom stereocenters. The molecular formula is C16H28N4O4S. The minimum absolute atomic E-state index is 0.00293. The molecule has 0 unspecified atom stereocenters. The zero-order valence-electron chi connectivity index (χ0n) is 15.0. The molecule has 9 heteroatoms. The van der Waals surface area contributed by atoms with Crippen molar-refractivity contribution in [1.29, 1.82) is 0 Å². The molecule has 25 heavy (non-hydrogen) atoms. The van der Waals surface area contributed by atoms with Crippen LogP contribution in [0.4, 0.5) is 0 Å². The Labute approximate surface area is 149 Å². The van der Waals surface area contributed by atoms with Crippen molar-refractivity contribution in [1.82, 2.24) is 18.4 Å². The SMILES string of the molecule is CN(C)S(=O)(=O)N1Cc2ccnn2[C@@H](CCOCC2CCOCC2)C1. The van der Waals surface area contributed by atoms with E-state index in [0.29, 0.717) is 25.6 Å². The average molecular weight is 372 g/mol. The van der Waals surface area contributed by atoms with Crippen molar-refractivity contribution in [3.8, 4) is 0 Å². The summed E-state index contributed by atoms with van der Waals surface area (Å²) >= 11 is 0. The van der Waals surface area contributed by atoms with Crippen molar-refractivity contribution in [2.24, 2.45) is 5.92 Å².